The van der Waals surface area contributed by atoms with Crippen LogP contribution in [0.25, 0.3) is 11.1 Å². The molecular weight excluding hydrogens is 418 g/mol. The molecule has 0 radical (unpaired) electrons. The van der Waals surface area contributed by atoms with Crippen LogP contribution in [-0.2, 0) is 12.8 Å². The molecule has 4 aromatic rings. The van der Waals surface area contributed by atoms with Gasteiger partial charge in [0.25, 0.3) is 11.8 Å². The minimum absolute atomic E-state index is 0.0596. The number of fused-ring (bicyclic) bond motifs is 1. The van der Waals surface area contributed by atoms with Crippen LogP contribution in [0.3, 0.4) is 0 Å². The number of piperazine rings is 1. The van der Waals surface area contributed by atoms with E-state index in [2.05, 4.69) is 17.1 Å². The lowest BCUT2D eigenvalue weighted by molar-refractivity contribution is 0.0518. The van der Waals surface area contributed by atoms with E-state index in [0.29, 0.717) is 54.5 Å². The van der Waals surface area contributed by atoms with E-state index in [9.17, 15) is 9.59 Å². The van der Waals surface area contributed by atoms with Gasteiger partial charge < -0.3 is 18.6 Å². The maximum atomic E-state index is 13.0. The Morgan fingerprint density at radius 1 is 0.848 bits per heavy atom. The van der Waals surface area contributed by atoms with E-state index in [1.54, 1.807) is 34.1 Å². The fraction of sp³-hybridized carbons (Fsp3) is 0.269. The molecule has 0 aliphatic carbocycles. The van der Waals surface area contributed by atoms with Gasteiger partial charge in [-0.1, -0.05) is 30.3 Å². The van der Waals surface area contributed by atoms with Crippen molar-refractivity contribution in [3.05, 3.63) is 89.7 Å². The first-order chi connectivity index (χ1) is 16.2. The summed E-state index contributed by atoms with van der Waals surface area (Å²) in [4.78, 5) is 33.5. The Morgan fingerprint density at radius 3 is 2.33 bits per heavy atom. The SMILES string of the molecule is O=C(c1ccc2oc(CCCc3ccccc3)nc2c1)N1CCN(C(=O)c2ccco2)CC1. The summed E-state index contributed by atoms with van der Waals surface area (Å²) in [5, 5.41) is 0. The number of aryl methyl sites for hydroxylation is 2. The van der Waals surface area contributed by atoms with Crippen molar-refractivity contribution >= 4 is 22.9 Å². The average Bonchev–Trinajstić information content (AvgIpc) is 3.53. The minimum atomic E-state index is -0.143. The molecular formula is C26H25N3O4. The van der Waals surface area contributed by atoms with Crippen molar-refractivity contribution in [2.75, 3.05) is 26.2 Å². The molecule has 2 aromatic heterocycles. The Morgan fingerprint density at radius 2 is 1.61 bits per heavy atom. The number of benzene rings is 2. The number of nitrogens with zero attached hydrogens (tertiary/aromatic N) is 3. The number of aromatic nitrogens is 1. The summed E-state index contributed by atoms with van der Waals surface area (Å²) in [7, 11) is 0. The predicted molar refractivity (Wildman–Crippen MR) is 123 cm³/mol. The minimum Gasteiger partial charge on any atom is -0.459 e. The lowest BCUT2D eigenvalue weighted by Crippen LogP contribution is -2.50. The third-order valence-electron chi connectivity index (χ3n) is 5.96. The van der Waals surface area contributed by atoms with Crippen molar-refractivity contribution in [3.63, 3.8) is 0 Å². The zero-order chi connectivity index (χ0) is 22.6. The second-order valence-electron chi connectivity index (χ2n) is 8.19. The van der Waals surface area contributed by atoms with Gasteiger partial charge >= 0.3 is 0 Å². The first kappa shape index (κ1) is 21.0. The Balaban J connectivity index is 1.19. The van der Waals surface area contributed by atoms with Crippen LogP contribution in [0.4, 0.5) is 0 Å². The summed E-state index contributed by atoms with van der Waals surface area (Å²) < 4.78 is 11.1. The van der Waals surface area contributed by atoms with E-state index in [-0.39, 0.29) is 11.8 Å². The van der Waals surface area contributed by atoms with Gasteiger partial charge in [-0.3, -0.25) is 9.59 Å². The molecule has 0 N–H and O–H groups in total. The maximum absolute atomic E-state index is 13.0. The van der Waals surface area contributed by atoms with Crippen molar-refractivity contribution in [2.24, 2.45) is 0 Å². The highest BCUT2D eigenvalue weighted by Gasteiger charge is 2.27. The average molecular weight is 444 g/mol. The summed E-state index contributed by atoms with van der Waals surface area (Å²) >= 11 is 0. The molecule has 0 bridgehead atoms. The summed E-state index contributed by atoms with van der Waals surface area (Å²) in [5.74, 6) is 0.813. The molecule has 1 aliphatic rings. The Labute approximate surface area is 191 Å². The molecule has 1 aliphatic heterocycles. The number of carbonyl (C=O) groups is 2. The molecule has 1 fully saturated rings. The van der Waals surface area contributed by atoms with Crippen molar-refractivity contribution < 1.29 is 18.4 Å². The monoisotopic (exact) mass is 443 g/mol. The lowest BCUT2D eigenvalue weighted by Gasteiger charge is -2.34. The first-order valence-electron chi connectivity index (χ1n) is 11.2. The number of oxazole rings is 1. The molecule has 168 valence electrons. The van der Waals surface area contributed by atoms with Crippen LogP contribution in [0.2, 0.25) is 0 Å². The molecule has 0 atom stereocenters. The molecule has 33 heavy (non-hydrogen) atoms. The van der Waals surface area contributed by atoms with Gasteiger partial charge in [0.05, 0.1) is 6.26 Å². The molecule has 2 aromatic carbocycles. The van der Waals surface area contributed by atoms with Gasteiger partial charge in [0.1, 0.15) is 5.52 Å². The van der Waals surface area contributed by atoms with Crippen LogP contribution in [0.1, 0.15) is 38.8 Å². The number of rotatable bonds is 6. The molecule has 3 heterocycles. The Hall–Kier alpha value is -3.87. The van der Waals surface area contributed by atoms with Crippen LogP contribution in [-0.4, -0.2) is 52.8 Å². The van der Waals surface area contributed by atoms with Gasteiger partial charge in [-0.2, -0.15) is 0 Å². The van der Waals surface area contributed by atoms with Crippen LogP contribution in [0.5, 0.6) is 0 Å². The van der Waals surface area contributed by atoms with Gasteiger partial charge in [-0.15, -0.1) is 0 Å². The molecule has 1 saturated heterocycles. The fourth-order valence-electron chi connectivity index (χ4n) is 4.15. The number of furan rings is 1. The van der Waals surface area contributed by atoms with E-state index in [1.807, 2.05) is 24.3 Å². The topological polar surface area (TPSA) is 79.8 Å². The fourth-order valence-corrected chi connectivity index (χ4v) is 4.15. The van der Waals surface area contributed by atoms with Gasteiger partial charge in [-0.05, 0) is 48.7 Å². The Bertz CT molecular complexity index is 1240. The standard InChI is InChI=1S/C26H25N3O4/c30-25(28-13-15-29(16-14-28)26(31)23-9-5-17-32-23)20-11-12-22-21(18-20)27-24(33-22)10-4-8-19-6-2-1-3-7-19/h1-3,5-7,9,11-12,17-18H,4,8,10,13-16H2. The van der Waals surface area contributed by atoms with Gasteiger partial charge in [0.15, 0.2) is 17.2 Å². The smallest absolute Gasteiger partial charge is 0.289 e. The summed E-state index contributed by atoms with van der Waals surface area (Å²) in [6.07, 6.45) is 4.15. The predicted octanol–water partition coefficient (Wildman–Crippen LogP) is 4.19. The molecule has 2 amide bonds. The van der Waals surface area contributed by atoms with Crippen molar-refractivity contribution in [3.8, 4) is 0 Å². The van der Waals surface area contributed by atoms with Gasteiger partial charge in [0, 0.05) is 38.2 Å². The highest BCUT2D eigenvalue weighted by atomic mass is 16.3. The number of amides is 2. The molecule has 0 unspecified atom stereocenters. The third kappa shape index (κ3) is 4.67. The summed E-state index contributed by atoms with van der Waals surface area (Å²) in [5.41, 5.74) is 3.27. The second kappa shape index (κ2) is 9.32. The molecule has 7 nitrogen and oxygen atoms in total. The van der Waals surface area contributed by atoms with E-state index in [1.165, 1.54) is 11.8 Å². The van der Waals surface area contributed by atoms with E-state index in [4.69, 9.17) is 8.83 Å². The zero-order valence-corrected chi connectivity index (χ0v) is 18.3. The highest BCUT2D eigenvalue weighted by Crippen LogP contribution is 2.20. The molecule has 5 rings (SSSR count). The highest BCUT2D eigenvalue weighted by molar-refractivity contribution is 5.97. The third-order valence-corrected chi connectivity index (χ3v) is 5.96. The largest absolute Gasteiger partial charge is 0.459 e. The summed E-state index contributed by atoms with van der Waals surface area (Å²) in [6, 6.07) is 19.1. The first-order valence-corrected chi connectivity index (χ1v) is 11.2. The lowest BCUT2D eigenvalue weighted by atomic mass is 10.1. The normalized spacial score (nSPS) is 14.1. The van der Waals surface area contributed by atoms with Crippen LogP contribution in [0, 0.1) is 0 Å². The summed E-state index contributed by atoms with van der Waals surface area (Å²) in [6.45, 7) is 1.91. The van der Waals surface area contributed by atoms with E-state index < -0.39 is 0 Å². The molecule has 0 spiro atoms. The van der Waals surface area contributed by atoms with E-state index in [0.717, 1.165) is 19.3 Å². The van der Waals surface area contributed by atoms with Gasteiger partial charge in [0.2, 0.25) is 0 Å². The quantitative estimate of drug-likeness (QED) is 0.446. The van der Waals surface area contributed by atoms with Crippen LogP contribution >= 0.6 is 0 Å². The van der Waals surface area contributed by atoms with Crippen molar-refractivity contribution in [1.29, 1.82) is 0 Å². The van der Waals surface area contributed by atoms with Crippen LogP contribution < -0.4 is 0 Å². The van der Waals surface area contributed by atoms with Crippen molar-refractivity contribution in [2.45, 2.75) is 19.3 Å². The number of hydrogen-bond donors (Lipinski definition) is 0. The molecule has 7 heteroatoms. The molecule has 0 saturated carbocycles. The van der Waals surface area contributed by atoms with Crippen LogP contribution in [0.15, 0.2) is 75.8 Å². The van der Waals surface area contributed by atoms with Gasteiger partial charge in [-0.25, -0.2) is 4.98 Å². The van der Waals surface area contributed by atoms with E-state index >= 15 is 0 Å². The maximum Gasteiger partial charge on any atom is 0.289 e. The zero-order valence-electron chi connectivity index (χ0n) is 18.3. The van der Waals surface area contributed by atoms with Crippen molar-refractivity contribution in [1.82, 2.24) is 14.8 Å². The number of carbonyl (C=O) groups excluding carboxylic acids is 2. The Kier molecular flexibility index (Phi) is 5.93. The number of hydrogen-bond acceptors (Lipinski definition) is 5. The second-order valence-corrected chi connectivity index (χ2v) is 8.19.